The van der Waals surface area contributed by atoms with Gasteiger partial charge in [-0.2, -0.15) is 9.40 Å². The number of aromatic nitrogens is 2. The number of rotatable bonds is 6. The first kappa shape index (κ1) is 22.2. The van der Waals surface area contributed by atoms with Crippen molar-refractivity contribution < 1.29 is 13.2 Å². The Bertz CT molecular complexity index is 1210. The molecule has 2 heterocycles. The van der Waals surface area contributed by atoms with Crippen LogP contribution in [-0.4, -0.2) is 41.0 Å². The lowest BCUT2D eigenvalue weighted by Crippen LogP contribution is -2.42. The second kappa shape index (κ2) is 9.26. The van der Waals surface area contributed by atoms with E-state index in [1.165, 1.54) is 6.07 Å². The molecule has 0 aliphatic carbocycles. The average molecular weight is 453 g/mol. The highest BCUT2D eigenvalue weighted by molar-refractivity contribution is 7.89. The van der Waals surface area contributed by atoms with Gasteiger partial charge in [-0.15, -0.1) is 0 Å². The van der Waals surface area contributed by atoms with Crippen molar-refractivity contribution in [3.05, 3.63) is 77.6 Å². The number of carbonyl (C=O) groups is 1. The molecule has 0 bridgehead atoms. The molecule has 1 aliphatic rings. The SMILES string of the molecule is Cc1ccc(S(=O)(=O)N2CCCCC2C)cc1C(=O)Nc1cccc(Cn2cccn2)c1. The Morgan fingerprint density at radius 3 is 2.75 bits per heavy atom. The van der Waals surface area contributed by atoms with Crippen LogP contribution in [0.15, 0.2) is 65.8 Å². The monoisotopic (exact) mass is 452 g/mol. The van der Waals surface area contributed by atoms with Crippen LogP contribution in [0.25, 0.3) is 0 Å². The minimum Gasteiger partial charge on any atom is -0.322 e. The maximum absolute atomic E-state index is 13.2. The molecule has 0 radical (unpaired) electrons. The fourth-order valence-electron chi connectivity index (χ4n) is 4.10. The molecule has 1 aliphatic heterocycles. The van der Waals surface area contributed by atoms with Crippen molar-refractivity contribution in [2.24, 2.45) is 0 Å². The van der Waals surface area contributed by atoms with E-state index in [4.69, 9.17) is 0 Å². The van der Waals surface area contributed by atoms with E-state index in [9.17, 15) is 13.2 Å². The molecule has 1 fully saturated rings. The van der Waals surface area contributed by atoms with E-state index in [-0.39, 0.29) is 16.8 Å². The summed E-state index contributed by atoms with van der Waals surface area (Å²) in [6, 6.07) is 14.2. The van der Waals surface area contributed by atoms with Crippen molar-refractivity contribution in [1.29, 1.82) is 0 Å². The molecule has 1 atom stereocenters. The molecule has 1 saturated heterocycles. The highest BCUT2D eigenvalue weighted by atomic mass is 32.2. The number of nitrogens with zero attached hydrogens (tertiary/aromatic N) is 3. The van der Waals surface area contributed by atoms with Crippen LogP contribution in [0.3, 0.4) is 0 Å². The van der Waals surface area contributed by atoms with Crippen LogP contribution in [0.4, 0.5) is 5.69 Å². The number of piperidine rings is 1. The average Bonchev–Trinajstić information content (AvgIpc) is 3.27. The van der Waals surface area contributed by atoms with Crippen LogP contribution in [0.2, 0.25) is 0 Å². The standard InChI is InChI=1S/C24H28N4O3S/c1-18-10-11-22(32(30,31)28-14-4-3-7-19(28)2)16-23(18)24(29)26-21-9-5-8-20(15-21)17-27-13-6-12-25-27/h5-6,8-13,15-16,19H,3-4,7,14,17H2,1-2H3,(H,26,29). The zero-order chi connectivity index (χ0) is 22.7. The van der Waals surface area contributed by atoms with Crippen molar-refractivity contribution in [3.8, 4) is 0 Å². The summed E-state index contributed by atoms with van der Waals surface area (Å²) in [6.07, 6.45) is 6.35. The Kier molecular flexibility index (Phi) is 6.43. The van der Waals surface area contributed by atoms with Gasteiger partial charge in [0.05, 0.1) is 11.4 Å². The zero-order valence-electron chi connectivity index (χ0n) is 18.4. The Balaban J connectivity index is 1.55. The minimum atomic E-state index is -3.65. The van der Waals surface area contributed by atoms with Crippen LogP contribution >= 0.6 is 0 Å². The number of amides is 1. The molecule has 0 spiro atoms. The molecule has 168 valence electrons. The van der Waals surface area contributed by atoms with E-state index in [2.05, 4.69) is 10.4 Å². The smallest absolute Gasteiger partial charge is 0.255 e. The van der Waals surface area contributed by atoms with Crippen LogP contribution in [-0.2, 0) is 16.6 Å². The molecular weight excluding hydrogens is 424 g/mol. The molecule has 1 aromatic heterocycles. The number of hydrogen-bond donors (Lipinski definition) is 1. The summed E-state index contributed by atoms with van der Waals surface area (Å²) in [5, 5.41) is 7.12. The molecular formula is C24H28N4O3S. The van der Waals surface area contributed by atoms with Gasteiger partial charge in [-0.3, -0.25) is 9.48 Å². The molecule has 32 heavy (non-hydrogen) atoms. The Morgan fingerprint density at radius 2 is 2.00 bits per heavy atom. The maximum Gasteiger partial charge on any atom is 0.255 e. The second-order valence-electron chi connectivity index (χ2n) is 8.30. The van der Waals surface area contributed by atoms with Crippen LogP contribution in [0.5, 0.6) is 0 Å². The predicted octanol–water partition coefficient (Wildman–Crippen LogP) is 4.06. The highest BCUT2D eigenvalue weighted by Gasteiger charge is 2.31. The molecule has 0 saturated carbocycles. The molecule has 1 amide bonds. The van der Waals surface area contributed by atoms with Gasteiger partial charge in [0.25, 0.3) is 5.91 Å². The summed E-state index contributed by atoms with van der Waals surface area (Å²) in [5.41, 5.74) is 2.73. The lowest BCUT2D eigenvalue weighted by atomic mass is 10.1. The number of carbonyl (C=O) groups excluding carboxylic acids is 1. The first-order valence-electron chi connectivity index (χ1n) is 10.8. The highest BCUT2D eigenvalue weighted by Crippen LogP contribution is 2.27. The van der Waals surface area contributed by atoms with Crippen molar-refractivity contribution in [1.82, 2.24) is 14.1 Å². The van der Waals surface area contributed by atoms with Gasteiger partial charge in [-0.05, 0) is 68.1 Å². The van der Waals surface area contributed by atoms with Crippen molar-refractivity contribution in [3.63, 3.8) is 0 Å². The number of nitrogens with one attached hydrogen (secondary N) is 1. The molecule has 2 aromatic carbocycles. The van der Waals surface area contributed by atoms with Gasteiger partial charge in [0.15, 0.2) is 0 Å². The first-order valence-corrected chi connectivity index (χ1v) is 12.3. The fourth-order valence-corrected chi connectivity index (χ4v) is 5.82. The van der Waals surface area contributed by atoms with E-state index in [1.807, 2.05) is 50.4 Å². The van der Waals surface area contributed by atoms with Gasteiger partial charge in [-0.1, -0.05) is 24.6 Å². The summed E-state index contributed by atoms with van der Waals surface area (Å²) in [7, 11) is -3.65. The zero-order valence-corrected chi connectivity index (χ0v) is 19.2. The van der Waals surface area contributed by atoms with Gasteiger partial charge >= 0.3 is 0 Å². The molecule has 3 aromatic rings. The van der Waals surface area contributed by atoms with Gasteiger partial charge in [0, 0.05) is 36.2 Å². The Labute approximate surface area is 189 Å². The van der Waals surface area contributed by atoms with Crippen LogP contribution < -0.4 is 5.32 Å². The lowest BCUT2D eigenvalue weighted by Gasteiger charge is -2.32. The summed E-state index contributed by atoms with van der Waals surface area (Å²) < 4.78 is 29.8. The third kappa shape index (κ3) is 4.76. The third-order valence-electron chi connectivity index (χ3n) is 5.89. The van der Waals surface area contributed by atoms with E-state index in [1.54, 1.807) is 27.3 Å². The molecule has 1 unspecified atom stereocenters. The van der Waals surface area contributed by atoms with E-state index in [0.717, 1.165) is 30.4 Å². The fraction of sp³-hybridized carbons (Fsp3) is 0.333. The molecule has 1 N–H and O–H groups in total. The van der Waals surface area contributed by atoms with Gasteiger partial charge in [0.1, 0.15) is 0 Å². The lowest BCUT2D eigenvalue weighted by molar-refractivity contribution is 0.102. The number of benzene rings is 2. The second-order valence-corrected chi connectivity index (χ2v) is 10.2. The molecule has 4 rings (SSSR count). The molecule has 7 nitrogen and oxygen atoms in total. The van der Waals surface area contributed by atoms with Crippen LogP contribution in [0.1, 0.15) is 47.7 Å². The summed E-state index contributed by atoms with van der Waals surface area (Å²) in [6.45, 7) is 4.86. The van der Waals surface area contributed by atoms with Gasteiger partial charge in [-0.25, -0.2) is 8.42 Å². The van der Waals surface area contributed by atoms with Crippen molar-refractivity contribution in [2.75, 3.05) is 11.9 Å². The normalized spacial score (nSPS) is 17.2. The summed E-state index contributed by atoms with van der Waals surface area (Å²) in [4.78, 5) is 13.2. The summed E-state index contributed by atoms with van der Waals surface area (Å²) in [5.74, 6) is -0.331. The van der Waals surface area contributed by atoms with Gasteiger partial charge in [0.2, 0.25) is 10.0 Å². The maximum atomic E-state index is 13.2. The summed E-state index contributed by atoms with van der Waals surface area (Å²) >= 11 is 0. The van der Waals surface area contributed by atoms with E-state index >= 15 is 0 Å². The number of aryl methyl sites for hydroxylation is 1. The van der Waals surface area contributed by atoms with Gasteiger partial charge < -0.3 is 5.32 Å². The molecule has 8 heteroatoms. The van der Waals surface area contributed by atoms with Crippen molar-refractivity contribution in [2.45, 2.75) is 50.6 Å². The topological polar surface area (TPSA) is 84.3 Å². The number of anilines is 1. The number of hydrogen-bond acceptors (Lipinski definition) is 4. The largest absolute Gasteiger partial charge is 0.322 e. The quantitative estimate of drug-likeness (QED) is 0.611. The van der Waals surface area contributed by atoms with Crippen molar-refractivity contribution >= 4 is 21.6 Å². The predicted molar refractivity (Wildman–Crippen MR) is 124 cm³/mol. The minimum absolute atomic E-state index is 0.0372. The Morgan fingerprint density at radius 1 is 1.16 bits per heavy atom. The third-order valence-corrected chi connectivity index (χ3v) is 7.90. The van der Waals surface area contributed by atoms with E-state index in [0.29, 0.717) is 24.3 Å². The van der Waals surface area contributed by atoms with Crippen LogP contribution in [0, 0.1) is 6.92 Å². The number of sulfonamides is 1. The first-order chi connectivity index (χ1) is 15.3. The van der Waals surface area contributed by atoms with E-state index < -0.39 is 10.0 Å². The Hall–Kier alpha value is -2.97.